The Kier molecular flexibility index (Phi) is 5.03. The number of halogens is 1. The number of amides is 2. The van der Waals surface area contributed by atoms with Gasteiger partial charge in [-0.1, -0.05) is 52.0 Å². The molecule has 2 amide bonds. The van der Waals surface area contributed by atoms with Crippen LogP contribution in [0.4, 0.5) is 4.79 Å². The Morgan fingerprint density at radius 3 is 2.26 bits per heavy atom. The first kappa shape index (κ1) is 16.1. The van der Waals surface area contributed by atoms with Crippen molar-refractivity contribution >= 4 is 38.8 Å². The molecule has 1 aliphatic heterocycles. The number of hydrogen-bond acceptors (Lipinski definition) is 4. The van der Waals surface area contributed by atoms with Gasteiger partial charge in [0.05, 0.1) is 5.25 Å². The summed E-state index contributed by atoms with van der Waals surface area (Å²) >= 11 is 4.45. The van der Waals surface area contributed by atoms with Gasteiger partial charge in [0, 0.05) is 4.47 Å². The quantitative estimate of drug-likeness (QED) is 0.838. The average molecular weight is 392 g/mol. The molecule has 0 spiro atoms. The molecule has 0 radical (unpaired) electrons. The largest absolute Gasteiger partial charge is 0.489 e. The zero-order valence-electron chi connectivity index (χ0n) is 12.1. The number of imide groups is 1. The Hall–Kier alpha value is -1.79. The van der Waals surface area contributed by atoms with E-state index in [0.717, 1.165) is 33.1 Å². The van der Waals surface area contributed by atoms with Gasteiger partial charge in [0.1, 0.15) is 12.4 Å². The highest BCUT2D eigenvalue weighted by atomic mass is 79.9. The fourth-order valence-corrected chi connectivity index (χ4v) is 3.33. The first-order valence-corrected chi connectivity index (χ1v) is 8.75. The van der Waals surface area contributed by atoms with Crippen LogP contribution in [-0.2, 0) is 17.8 Å². The third-order valence-corrected chi connectivity index (χ3v) is 4.94. The van der Waals surface area contributed by atoms with E-state index in [1.54, 1.807) is 0 Å². The maximum absolute atomic E-state index is 11.6. The molecular formula is C17H14BrNO3S. The molecule has 0 aromatic heterocycles. The lowest BCUT2D eigenvalue weighted by atomic mass is 10.1. The molecule has 6 heteroatoms. The van der Waals surface area contributed by atoms with E-state index in [2.05, 4.69) is 21.2 Å². The van der Waals surface area contributed by atoms with Crippen molar-refractivity contribution in [2.24, 2.45) is 0 Å². The predicted molar refractivity (Wildman–Crippen MR) is 93.5 cm³/mol. The van der Waals surface area contributed by atoms with Crippen molar-refractivity contribution in [3.63, 3.8) is 0 Å². The second kappa shape index (κ2) is 7.19. The van der Waals surface area contributed by atoms with Crippen molar-refractivity contribution in [3.8, 4) is 5.75 Å². The second-order valence-corrected chi connectivity index (χ2v) is 7.24. The topological polar surface area (TPSA) is 55.4 Å². The second-order valence-electron chi connectivity index (χ2n) is 5.15. The van der Waals surface area contributed by atoms with E-state index in [-0.39, 0.29) is 16.4 Å². The molecular weight excluding hydrogens is 378 g/mol. The van der Waals surface area contributed by atoms with Crippen LogP contribution in [0.5, 0.6) is 5.75 Å². The minimum absolute atomic E-state index is 0.212. The van der Waals surface area contributed by atoms with Gasteiger partial charge >= 0.3 is 0 Å². The number of rotatable bonds is 5. The maximum atomic E-state index is 11.6. The summed E-state index contributed by atoms with van der Waals surface area (Å²) in [7, 11) is 0. The third-order valence-electron chi connectivity index (χ3n) is 3.43. The average Bonchev–Trinajstić information content (AvgIpc) is 2.86. The molecule has 118 valence electrons. The fraction of sp³-hybridized carbons (Fsp3) is 0.176. The lowest BCUT2D eigenvalue weighted by Crippen LogP contribution is -2.25. The van der Waals surface area contributed by atoms with Gasteiger partial charge in [0.15, 0.2) is 0 Å². The summed E-state index contributed by atoms with van der Waals surface area (Å²) in [4.78, 5) is 22.7. The molecule has 4 nitrogen and oxygen atoms in total. The van der Waals surface area contributed by atoms with Crippen LogP contribution in [0, 0.1) is 0 Å². The van der Waals surface area contributed by atoms with Gasteiger partial charge in [-0.15, -0.1) is 0 Å². The monoisotopic (exact) mass is 391 g/mol. The molecule has 0 aliphatic carbocycles. The highest BCUT2D eigenvalue weighted by Crippen LogP contribution is 2.24. The van der Waals surface area contributed by atoms with Crippen molar-refractivity contribution in [1.82, 2.24) is 5.32 Å². The summed E-state index contributed by atoms with van der Waals surface area (Å²) < 4.78 is 6.78. The van der Waals surface area contributed by atoms with Gasteiger partial charge in [-0.2, -0.15) is 0 Å². The van der Waals surface area contributed by atoms with Crippen molar-refractivity contribution < 1.29 is 14.3 Å². The Morgan fingerprint density at radius 2 is 1.65 bits per heavy atom. The van der Waals surface area contributed by atoms with E-state index in [9.17, 15) is 9.59 Å². The number of carbonyl (C=O) groups is 2. The molecule has 0 bridgehead atoms. The number of nitrogens with one attached hydrogen (secondary N) is 1. The van der Waals surface area contributed by atoms with Crippen LogP contribution in [0.25, 0.3) is 0 Å². The van der Waals surface area contributed by atoms with E-state index in [1.807, 2.05) is 48.5 Å². The molecule has 1 N–H and O–H groups in total. The van der Waals surface area contributed by atoms with E-state index in [1.165, 1.54) is 0 Å². The molecule has 2 aromatic carbocycles. The van der Waals surface area contributed by atoms with Crippen molar-refractivity contribution in [1.29, 1.82) is 0 Å². The summed E-state index contributed by atoms with van der Waals surface area (Å²) in [6.07, 6.45) is 0.537. The van der Waals surface area contributed by atoms with Gasteiger partial charge in [0.25, 0.3) is 5.24 Å². The number of hydrogen-bond donors (Lipinski definition) is 1. The van der Waals surface area contributed by atoms with Crippen molar-refractivity contribution in [2.45, 2.75) is 18.3 Å². The van der Waals surface area contributed by atoms with Crippen LogP contribution in [0.3, 0.4) is 0 Å². The highest BCUT2D eigenvalue weighted by molar-refractivity contribution is 9.10. The van der Waals surface area contributed by atoms with Crippen LogP contribution >= 0.6 is 27.7 Å². The van der Waals surface area contributed by atoms with Gasteiger partial charge in [-0.05, 0) is 41.8 Å². The number of thioether (sulfide) groups is 1. The minimum Gasteiger partial charge on any atom is -0.489 e. The molecule has 23 heavy (non-hydrogen) atoms. The standard InChI is InChI=1S/C17H14BrNO3S/c18-13-5-1-12(2-6-13)10-22-14-7-3-11(4-8-14)9-15-16(20)19-17(21)23-15/h1-8,15H,9-10H2,(H,19,20,21). The van der Waals surface area contributed by atoms with E-state index < -0.39 is 0 Å². The molecule has 1 fully saturated rings. The van der Waals surface area contributed by atoms with Gasteiger partial charge in [0.2, 0.25) is 5.91 Å². The Balaban J connectivity index is 1.55. The normalized spacial score (nSPS) is 17.2. The van der Waals surface area contributed by atoms with Crippen molar-refractivity contribution in [3.05, 3.63) is 64.1 Å². The SMILES string of the molecule is O=C1NC(=O)C(Cc2ccc(OCc3ccc(Br)cc3)cc2)S1. The zero-order valence-corrected chi connectivity index (χ0v) is 14.5. The van der Waals surface area contributed by atoms with E-state index in [0.29, 0.717) is 13.0 Å². The minimum atomic E-state index is -0.336. The number of ether oxygens (including phenoxy) is 1. The highest BCUT2D eigenvalue weighted by Gasteiger charge is 2.31. The van der Waals surface area contributed by atoms with Crippen molar-refractivity contribution in [2.75, 3.05) is 0 Å². The summed E-state index contributed by atoms with van der Waals surface area (Å²) in [5, 5.41) is 1.69. The Morgan fingerprint density at radius 1 is 1.00 bits per heavy atom. The molecule has 1 aliphatic rings. The first-order valence-electron chi connectivity index (χ1n) is 7.08. The van der Waals surface area contributed by atoms with Crippen LogP contribution in [-0.4, -0.2) is 16.4 Å². The molecule has 1 atom stereocenters. The maximum Gasteiger partial charge on any atom is 0.286 e. The molecule has 1 saturated heterocycles. The lowest BCUT2D eigenvalue weighted by molar-refractivity contribution is -0.118. The van der Waals surface area contributed by atoms with E-state index in [4.69, 9.17) is 4.74 Å². The zero-order chi connectivity index (χ0) is 16.2. The molecule has 1 heterocycles. The summed E-state index contributed by atoms with van der Waals surface area (Å²) in [5.41, 5.74) is 2.10. The fourth-order valence-electron chi connectivity index (χ4n) is 2.21. The summed E-state index contributed by atoms with van der Waals surface area (Å²) in [6.45, 7) is 0.502. The van der Waals surface area contributed by atoms with Gasteiger partial charge < -0.3 is 4.74 Å². The number of benzene rings is 2. The van der Waals surface area contributed by atoms with Crippen LogP contribution < -0.4 is 10.1 Å². The molecule has 3 rings (SSSR count). The number of carbonyl (C=O) groups excluding carboxylic acids is 2. The molecule has 1 unspecified atom stereocenters. The van der Waals surface area contributed by atoms with E-state index >= 15 is 0 Å². The first-order chi connectivity index (χ1) is 11.1. The van der Waals surface area contributed by atoms with Gasteiger partial charge in [-0.3, -0.25) is 14.9 Å². The summed E-state index contributed by atoms with van der Waals surface area (Å²) in [6, 6.07) is 15.6. The predicted octanol–water partition coefficient (Wildman–Crippen LogP) is 3.92. The van der Waals surface area contributed by atoms with Crippen LogP contribution in [0.15, 0.2) is 53.0 Å². The van der Waals surface area contributed by atoms with Gasteiger partial charge in [-0.25, -0.2) is 0 Å². The lowest BCUT2D eigenvalue weighted by Gasteiger charge is -2.09. The summed E-state index contributed by atoms with van der Waals surface area (Å²) in [5.74, 6) is 0.562. The van der Waals surface area contributed by atoms with Crippen LogP contribution in [0.2, 0.25) is 0 Å². The third kappa shape index (κ3) is 4.36. The Labute approximate surface area is 146 Å². The molecule has 2 aromatic rings. The molecule has 0 saturated carbocycles. The Bertz CT molecular complexity index is 716. The smallest absolute Gasteiger partial charge is 0.286 e. The van der Waals surface area contributed by atoms with Crippen LogP contribution in [0.1, 0.15) is 11.1 Å².